The van der Waals surface area contributed by atoms with Crippen molar-refractivity contribution in [3.8, 4) is 0 Å². The fourth-order valence-corrected chi connectivity index (χ4v) is 3.82. The lowest BCUT2D eigenvalue weighted by atomic mass is 9.94. The summed E-state index contributed by atoms with van der Waals surface area (Å²) in [6, 6.07) is 9.17. The third kappa shape index (κ3) is 4.71. The van der Waals surface area contributed by atoms with Crippen LogP contribution in [0.3, 0.4) is 0 Å². The first-order valence-corrected chi connectivity index (χ1v) is 9.47. The molecule has 2 saturated heterocycles. The summed E-state index contributed by atoms with van der Waals surface area (Å²) in [5, 5.41) is 0. The lowest BCUT2D eigenvalue weighted by molar-refractivity contribution is -0.000331. The second-order valence-electron chi connectivity index (χ2n) is 8.29. The van der Waals surface area contributed by atoms with E-state index in [0.29, 0.717) is 25.9 Å². The highest BCUT2D eigenvalue weighted by molar-refractivity contribution is 5.71. The molecular weight excluding hydrogens is 346 g/mol. The Morgan fingerprint density at radius 3 is 2.48 bits per heavy atom. The van der Waals surface area contributed by atoms with E-state index in [-0.39, 0.29) is 36.9 Å². The van der Waals surface area contributed by atoms with Crippen LogP contribution in [0.5, 0.6) is 0 Å². The number of fused-ring (bicyclic) bond motifs is 1. The molecule has 1 aromatic carbocycles. The summed E-state index contributed by atoms with van der Waals surface area (Å²) >= 11 is 0. The van der Waals surface area contributed by atoms with Gasteiger partial charge in [-0.2, -0.15) is 0 Å². The maximum absolute atomic E-state index is 12.6. The van der Waals surface area contributed by atoms with E-state index in [2.05, 4.69) is 0 Å². The molecule has 0 saturated carbocycles. The number of hydrogen-bond acceptors (Lipinski definition) is 5. The summed E-state index contributed by atoms with van der Waals surface area (Å²) in [4.78, 5) is 28.6. The van der Waals surface area contributed by atoms with Crippen LogP contribution in [-0.4, -0.2) is 58.8 Å². The van der Waals surface area contributed by atoms with Gasteiger partial charge in [0.2, 0.25) is 0 Å². The van der Waals surface area contributed by atoms with E-state index in [1.165, 1.54) is 0 Å². The highest BCUT2D eigenvalue weighted by atomic mass is 16.6. The molecule has 0 aliphatic carbocycles. The molecule has 0 spiro atoms. The van der Waals surface area contributed by atoms with Gasteiger partial charge in [0.25, 0.3) is 0 Å². The minimum absolute atomic E-state index is 0.0797. The van der Waals surface area contributed by atoms with Crippen molar-refractivity contribution in [3.05, 3.63) is 35.9 Å². The van der Waals surface area contributed by atoms with Gasteiger partial charge >= 0.3 is 12.2 Å². The number of ether oxygens (including phenoxy) is 2. The van der Waals surface area contributed by atoms with Gasteiger partial charge in [-0.05, 0) is 39.2 Å². The summed E-state index contributed by atoms with van der Waals surface area (Å²) in [6.45, 7) is 6.75. The van der Waals surface area contributed by atoms with Crippen LogP contribution >= 0.6 is 0 Å². The van der Waals surface area contributed by atoms with E-state index < -0.39 is 5.60 Å². The Morgan fingerprint density at radius 1 is 1.11 bits per heavy atom. The first kappa shape index (κ1) is 19.5. The highest BCUT2D eigenvalue weighted by Crippen LogP contribution is 2.32. The van der Waals surface area contributed by atoms with Crippen molar-refractivity contribution < 1.29 is 19.1 Å². The monoisotopic (exact) mass is 375 g/mol. The molecule has 148 valence electrons. The molecule has 0 aromatic heterocycles. The van der Waals surface area contributed by atoms with E-state index in [0.717, 1.165) is 5.56 Å². The first-order valence-electron chi connectivity index (χ1n) is 9.47. The number of hydrogen-bond donors (Lipinski definition) is 1. The SMILES string of the molecule is CC(C)(C)OC(=O)N1CC(N)CC2C1CCN2C(=O)OCc1ccccc1. The van der Waals surface area contributed by atoms with Crippen LogP contribution in [0.2, 0.25) is 0 Å². The summed E-state index contributed by atoms with van der Waals surface area (Å²) in [5.74, 6) is 0. The van der Waals surface area contributed by atoms with E-state index >= 15 is 0 Å². The number of nitrogens with zero attached hydrogens (tertiary/aromatic N) is 2. The van der Waals surface area contributed by atoms with Gasteiger partial charge in [0.1, 0.15) is 12.2 Å². The van der Waals surface area contributed by atoms with Gasteiger partial charge in [0.05, 0.1) is 12.1 Å². The standard InChI is InChI=1S/C20H29N3O4/c1-20(2,3)27-19(25)23-12-15(21)11-17-16(23)9-10-22(17)18(24)26-13-14-7-5-4-6-8-14/h4-8,15-17H,9-13,21H2,1-3H3. The Kier molecular flexibility index (Phi) is 5.60. The lowest BCUT2D eigenvalue weighted by Crippen LogP contribution is -2.59. The molecule has 27 heavy (non-hydrogen) atoms. The average molecular weight is 375 g/mol. The molecule has 2 aliphatic rings. The van der Waals surface area contributed by atoms with Crippen molar-refractivity contribution in [1.82, 2.24) is 9.80 Å². The molecule has 7 nitrogen and oxygen atoms in total. The third-order valence-electron chi connectivity index (χ3n) is 4.95. The van der Waals surface area contributed by atoms with Crippen LogP contribution in [-0.2, 0) is 16.1 Å². The maximum atomic E-state index is 12.6. The molecule has 1 aromatic rings. The van der Waals surface area contributed by atoms with Crippen molar-refractivity contribution in [2.45, 2.75) is 63.9 Å². The molecule has 0 bridgehead atoms. The molecule has 3 atom stereocenters. The van der Waals surface area contributed by atoms with Gasteiger partial charge in [-0.3, -0.25) is 0 Å². The number of likely N-dealkylation sites (tertiary alicyclic amines) is 2. The van der Waals surface area contributed by atoms with Crippen LogP contribution < -0.4 is 5.73 Å². The molecule has 7 heteroatoms. The molecule has 2 aliphatic heterocycles. The fourth-order valence-electron chi connectivity index (χ4n) is 3.82. The van der Waals surface area contributed by atoms with Crippen molar-refractivity contribution >= 4 is 12.2 Å². The summed E-state index contributed by atoms with van der Waals surface area (Å²) in [5.41, 5.74) is 6.56. The average Bonchev–Trinajstić information content (AvgIpc) is 3.02. The molecule has 0 radical (unpaired) electrons. The molecule has 2 amide bonds. The Morgan fingerprint density at radius 2 is 1.81 bits per heavy atom. The zero-order valence-electron chi connectivity index (χ0n) is 16.3. The van der Waals surface area contributed by atoms with E-state index in [1.54, 1.807) is 9.80 Å². The quantitative estimate of drug-likeness (QED) is 0.859. The number of carbonyl (C=O) groups is 2. The fraction of sp³-hybridized carbons (Fsp3) is 0.600. The van der Waals surface area contributed by atoms with Gasteiger partial charge in [0, 0.05) is 19.1 Å². The lowest BCUT2D eigenvalue weighted by Gasteiger charge is -2.42. The number of piperidine rings is 1. The van der Waals surface area contributed by atoms with Gasteiger partial charge in [-0.15, -0.1) is 0 Å². The van der Waals surface area contributed by atoms with E-state index in [4.69, 9.17) is 15.2 Å². The summed E-state index contributed by atoms with van der Waals surface area (Å²) in [6.07, 6.45) is 0.637. The molecule has 2 N–H and O–H groups in total. The van der Waals surface area contributed by atoms with Gasteiger partial charge in [-0.1, -0.05) is 30.3 Å². The largest absolute Gasteiger partial charge is 0.445 e. The predicted octanol–water partition coefficient (Wildman–Crippen LogP) is 2.73. The number of amides is 2. The van der Waals surface area contributed by atoms with Crippen molar-refractivity contribution in [2.75, 3.05) is 13.1 Å². The number of carbonyl (C=O) groups excluding carboxylic acids is 2. The Labute approximate surface area is 160 Å². The third-order valence-corrected chi connectivity index (χ3v) is 4.95. The van der Waals surface area contributed by atoms with Crippen LogP contribution in [0.1, 0.15) is 39.2 Å². The minimum atomic E-state index is -0.568. The normalized spacial score (nSPS) is 25.1. The first-order chi connectivity index (χ1) is 12.7. The molecule has 3 unspecified atom stereocenters. The van der Waals surface area contributed by atoms with Crippen LogP contribution in [0.15, 0.2) is 30.3 Å². The summed E-state index contributed by atoms with van der Waals surface area (Å²) in [7, 11) is 0. The van der Waals surface area contributed by atoms with Crippen molar-refractivity contribution in [3.63, 3.8) is 0 Å². The predicted molar refractivity (Wildman–Crippen MR) is 101 cm³/mol. The molecular formula is C20H29N3O4. The van der Waals surface area contributed by atoms with Crippen LogP contribution in [0.4, 0.5) is 9.59 Å². The summed E-state index contributed by atoms with van der Waals surface area (Å²) < 4.78 is 11.0. The minimum Gasteiger partial charge on any atom is -0.445 e. The maximum Gasteiger partial charge on any atom is 0.410 e. The Bertz CT molecular complexity index is 674. The molecule has 3 rings (SSSR count). The second kappa shape index (κ2) is 7.76. The Hall–Kier alpha value is -2.28. The van der Waals surface area contributed by atoms with E-state index in [9.17, 15) is 9.59 Å². The Balaban J connectivity index is 1.65. The highest BCUT2D eigenvalue weighted by Gasteiger charge is 2.47. The number of rotatable bonds is 2. The van der Waals surface area contributed by atoms with Gasteiger partial charge in [0.15, 0.2) is 0 Å². The zero-order chi connectivity index (χ0) is 19.6. The van der Waals surface area contributed by atoms with Crippen LogP contribution in [0.25, 0.3) is 0 Å². The topological polar surface area (TPSA) is 85.1 Å². The van der Waals surface area contributed by atoms with E-state index in [1.807, 2.05) is 51.1 Å². The van der Waals surface area contributed by atoms with Crippen molar-refractivity contribution in [2.24, 2.45) is 5.73 Å². The number of benzene rings is 1. The smallest absolute Gasteiger partial charge is 0.410 e. The van der Waals surface area contributed by atoms with Crippen LogP contribution in [0, 0.1) is 0 Å². The van der Waals surface area contributed by atoms with Gasteiger partial charge < -0.3 is 25.0 Å². The second-order valence-corrected chi connectivity index (χ2v) is 8.29. The zero-order valence-corrected chi connectivity index (χ0v) is 16.3. The molecule has 2 heterocycles. The van der Waals surface area contributed by atoms with Crippen molar-refractivity contribution in [1.29, 1.82) is 0 Å². The molecule has 2 fully saturated rings. The number of nitrogens with two attached hydrogens (primary N) is 1. The van der Waals surface area contributed by atoms with Gasteiger partial charge in [-0.25, -0.2) is 9.59 Å².